The molecule has 108 valence electrons. The predicted octanol–water partition coefficient (Wildman–Crippen LogP) is 3.54. The SMILES string of the molecule is O=[S@](NC1CCCCC1)C12CC3CC(CC(C3)C1)C2. The Morgan fingerprint density at radius 2 is 1.37 bits per heavy atom. The van der Waals surface area contributed by atoms with Gasteiger partial charge in [0.15, 0.2) is 0 Å². The van der Waals surface area contributed by atoms with E-state index < -0.39 is 11.0 Å². The summed E-state index contributed by atoms with van der Waals surface area (Å²) in [7, 11) is -0.772. The van der Waals surface area contributed by atoms with Crippen LogP contribution in [0.3, 0.4) is 0 Å². The molecule has 5 aliphatic carbocycles. The van der Waals surface area contributed by atoms with Gasteiger partial charge in [0.1, 0.15) is 0 Å². The van der Waals surface area contributed by atoms with Gasteiger partial charge in [-0.15, -0.1) is 0 Å². The average Bonchev–Trinajstić information content (AvgIpc) is 2.38. The van der Waals surface area contributed by atoms with E-state index in [1.807, 2.05) is 0 Å². The van der Waals surface area contributed by atoms with Crippen molar-refractivity contribution < 1.29 is 4.21 Å². The fourth-order valence-electron chi connectivity index (χ4n) is 5.76. The van der Waals surface area contributed by atoms with Crippen LogP contribution in [0.5, 0.6) is 0 Å². The minimum atomic E-state index is -0.772. The topological polar surface area (TPSA) is 29.1 Å². The highest BCUT2D eigenvalue weighted by atomic mass is 32.2. The van der Waals surface area contributed by atoms with Crippen LogP contribution in [0.25, 0.3) is 0 Å². The van der Waals surface area contributed by atoms with Crippen molar-refractivity contribution in [2.45, 2.75) is 81.4 Å². The highest BCUT2D eigenvalue weighted by molar-refractivity contribution is 7.84. The smallest absolute Gasteiger partial charge is 0.0981 e. The molecule has 19 heavy (non-hydrogen) atoms. The molecule has 5 fully saturated rings. The minimum absolute atomic E-state index is 0.173. The number of rotatable bonds is 3. The van der Waals surface area contributed by atoms with Crippen LogP contribution in [0.4, 0.5) is 0 Å². The van der Waals surface area contributed by atoms with Crippen LogP contribution >= 0.6 is 0 Å². The molecular formula is C16H27NOS. The number of nitrogens with one attached hydrogen (secondary N) is 1. The van der Waals surface area contributed by atoms with Crippen molar-refractivity contribution in [1.29, 1.82) is 0 Å². The van der Waals surface area contributed by atoms with Crippen LogP contribution in [0.2, 0.25) is 0 Å². The standard InChI is InChI=1S/C16H27NOS/c18-19(17-15-4-2-1-3-5-15)16-9-12-6-13(10-16)8-14(7-12)11-16/h12-15,17H,1-11H2/t12?,13?,14?,16?,19-/m0/s1. The summed E-state index contributed by atoms with van der Waals surface area (Å²) in [6.07, 6.45) is 14.6. The van der Waals surface area contributed by atoms with Crippen LogP contribution in [0.1, 0.15) is 70.6 Å². The highest BCUT2D eigenvalue weighted by Crippen LogP contribution is 2.57. The third-order valence-electron chi connectivity index (χ3n) is 6.25. The fourth-order valence-corrected chi connectivity index (χ4v) is 7.70. The summed E-state index contributed by atoms with van der Waals surface area (Å²) in [5.41, 5.74) is 0. The van der Waals surface area contributed by atoms with E-state index in [1.54, 1.807) is 0 Å². The Labute approximate surface area is 119 Å². The van der Waals surface area contributed by atoms with Gasteiger partial charge in [-0.2, -0.15) is 0 Å². The van der Waals surface area contributed by atoms with Crippen LogP contribution in [-0.2, 0) is 11.0 Å². The van der Waals surface area contributed by atoms with Gasteiger partial charge in [0.25, 0.3) is 0 Å². The van der Waals surface area contributed by atoms with Gasteiger partial charge in [-0.25, -0.2) is 8.93 Å². The molecule has 0 amide bonds. The van der Waals surface area contributed by atoms with E-state index >= 15 is 0 Å². The first kappa shape index (κ1) is 12.8. The van der Waals surface area contributed by atoms with Crippen molar-refractivity contribution >= 4 is 11.0 Å². The third kappa shape index (κ3) is 2.31. The van der Waals surface area contributed by atoms with E-state index in [0.717, 1.165) is 17.8 Å². The van der Waals surface area contributed by atoms with Crippen molar-refractivity contribution in [3.8, 4) is 0 Å². The van der Waals surface area contributed by atoms with Gasteiger partial charge in [-0.1, -0.05) is 19.3 Å². The maximum atomic E-state index is 13.0. The summed E-state index contributed by atoms with van der Waals surface area (Å²) >= 11 is 0. The molecule has 2 nitrogen and oxygen atoms in total. The van der Waals surface area contributed by atoms with Crippen LogP contribution in [0.15, 0.2) is 0 Å². The first-order chi connectivity index (χ1) is 9.23. The summed E-state index contributed by atoms with van der Waals surface area (Å²) in [5, 5.41) is 0. The summed E-state index contributed by atoms with van der Waals surface area (Å²) in [4.78, 5) is 0. The Hall–Kier alpha value is 0.110. The lowest BCUT2D eigenvalue weighted by Gasteiger charge is -2.56. The molecule has 3 heteroatoms. The van der Waals surface area contributed by atoms with Gasteiger partial charge in [-0.3, -0.25) is 0 Å². The van der Waals surface area contributed by atoms with Crippen molar-refractivity contribution in [1.82, 2.24) is 4.72 Å². The largest absolute Gasteiger partial charge is 0.242 e. The third-order valence-corrected chi connectivity index (χ3v) is 8.09. The van der Waals surface area contributed by atoms with Crippen LogP contribution in [0, 0.1) is 17.8 Å². The van der Waals surface area contributed by atoms with E-state index in [4.69, 9.17) is 0 Å². The second-order valence-corrected chi connectivity index (χ2v) is 9.46. The molecule has 5 rings (SSSR count). The Kier molecular flexibility index (Phi) is 3.26. The first-order valence-electron chi connectivity index (χ1n) is 8.41. The molecule has 0 aromatic rings. The normalized spacial score (nSPS) is 47.5. The zero-order chi connectivity index (χ0) is 12.9. The van der Waals surface area contributed by atoms with E-state index in [2.05, 4.69) is 4.72 Å². The van der Waals surface area contributed by atoms with E-state index in [9.17, 15) is 4.21 Å². The molecule has 0 aromatic heterocycles. The molecule has 4 bridgehead atoms. The van der Waals surface area contributed by atoms with E-state index in [0.29, 0.717) is 6.04 Å². The van der Waals surface area contributed by atoms with Crippen molar-refractivity contribution in [3.05, 3.63) is 0 Å². The maximum absolute atomic E-state index is 13.0. The van der Waals surface area contributed by atoms with Gasteiger partial charge in [0, 0.05) is 6.04 Å². The van der Waals surface area contributed by atoms with Gasteiger partial charge in [-0.05, 0) is 69.1 Å². The molecule has 0 unspecified atom stereocenters. The Morgan fingerprint density at radius 1 is 0.842 bits per heavy atom. The van der Waals surface area contributed by atoms with E-state index in [1.165, 1.54) is 70.6 Å². The highest BCUT2D eigenvalue weighted by Gasteiger charge is 2.54. The second-order valence-electron chi connectivity index (χ2n) is 7.82. The van der Waals surface area contributed by atoms with Gasteiger partial charge < -0.3 is 0 Å². The van der Waals surface area contributed by atoms with Gasteiger partial charge in [0.05, 0.1) is 15.7 Å². The maximum Gasteiger partial charge on any atom is 0.0981 e. The summed E-state index contributed by atoms with van der Waals surface area (Å²) < 4.78 is 16.7. The molecule has 0 saturated heterocycles. The summed E-state index contributed by atoms with van der Waals surface area (Å²) in [6, 6.07) is 0.544. The molecule has 0 aromatic carbocycles. The molecule has 1 atom stereocenters. The molecule has 5 aliphatic rings. The zero-order valence-electron chi connectivity index (χ0n) is 11.9. The molecule has 0 spiro atoms. The fraction of sp³-hybridized carbons (Fsp3) is 1.00. The van der Waals surface area contributed by atoms with Crippen molar-refractivity contribution in [2.24, 2.45) is 17.8 Å². The van der Waals surface area contributed by atoms with Crippen LogP contribution < -0.4 is 4.72 Å². The molecule has 0 radical (unpaired) electrons. The van der Waals surface area contributed by atoms with Crippen molar-refractivity contribution in [2.75, 3.05) is 0 Å². The Morgan fingerprint density at radius 3 is 1.89 bits per heavy atom. The average molecular weight is 281 g/mol. The van der Waals surface area contributed by atoms with Gasteiger partial charge >= 0.3 is 0 Å². The molecule has 1 N–H and O–H groups in total. The molecule has 5 saturated carbocycles. The predicted molar refractivity (Wildman–Crippen MR) is 79.1 cm³/mol. The quantitative estimate of drug-likeness (QED) is 0.842. The van der Waals surface area contributed by atoms with E-state index in [-0.39, 0.29) is 4.75 Å². The number of hydrogen-bond acceptors (Lipinski definition) is 1. The first-order valence-corrected chi connectivity index (χ1v) is 9.56. The zero-order valence-corrected chi connectivity index (χ0v) is 12.7. The lowest BCUT2D eigenvalue weighted by molar-refractivity contribution is 0.0355. The number of hydrogen-bond donors (Lipinski definition) is 1. The lowest BCUT2D eigenvalue weighted by atomic mass is 9.56. The Balaban J connectivity index is 1.47. The summed E-state index contributed by atoms with van der Waals surface area (Å²) in [6.45, 7) is 0. The second kappa shape index (κ2) is 4.84. The van der Waals surface area contributed by atoms with Crippen LogP contribution in [-0.4, -0.2) is 15.0 Å². The summed E-state index contributed by atoms with van der Waals surface area (Å²) in [5.74, 6) is 2.72. The molecular weight excluding hydrogens is 254 g/mol. The van der Waals surface area contributed by atoms with Gasteiger partial charge in [0.2, 0.25) is 0 Å². The Bertz CT molecular complexity index is 340. The lowest BCUT2D eigenvalue weighted by Crippen LogP contribution is -2.56. The van der Waals surface area contributed by atoms with Crippen molar-refractivity contribution in [3.63, 3.8) is 0 Å². The minimum Gasteiger partial charge on any atom is -0.242 e. The molecule has 0 aliphatic heterocycles. The molecule has 0 heterocycles. The monoisotopic (exact) mass is 281 g/mol.